The number of nitrogens with one attached hydrogen (secondary N) is 1. The summed E-state index contributed by atoms with van der Waals surface area (Å²) in [4.78, 5) is 11.2. The molecule has 3 heteroatoms. The van der Waals surface area contributed by atoms with Crippen molar-refractivity contribution in [2.75, 3.05) is 6.54 Å². The normalized spacial score (nSPS) is 9.64. The molecule has 0 spiro atoms. The maximum Gasteiger partial charge on any atom is 0.254 e. The van der Waals surface area contributed by atoms with Crippen molar-refractivity contribution in [1.82, 2.24) is 5.32 Å². The molecule has 1 aromatic rings. The van der Waals surface area contributed by atoms with Gasteiger partial charge < -0.3 is 9.73 Å². The van der Waals surface area contributed by atoms with Gasteiger partial charge in [0.1, 0.15) is 5.76 Å². The van der Waals surface area contributed by atoms with Gasteiger partial charge in [-0.1, -0.05) is 0 Å². The summed E-state index contributed by atoms with van der Waals surface area (Å²) in [6.45, 7) is 4.29. The zero-order valence-electron chi connectivity index (χ0n) is 6.68. The third-order valence-corrected chi connectivity index (χ3v) is 1.44. The average molecular weight is 153 g/mol. The molecule has 0 bridgehead atoms. The van der Waals surface area contributed by atoms with E-state index in [4.69, 9.17) is 4.42 Å². The van der Waals surface area contributed by atoms with E-state index in [-0.39, 0.29) is 5.91 Å². The van der Waals surface area contributed by atoms with Crippen molar-refractivity contribution in [3.63, 3.8) is 0 Å². The monoisotopic (exact) mass is 153 g/mol. The molecule has 0 saturated heterocycles. The summed E-state index contributed by atoms with van der Waals surface area (Å²) in [6, 6.07) is 1.67. The first-order valence-corrected chi connectivity index (χ1v) is 3.58. The van der Waals surface area contributed by atoms with Crippen molar-refractivity contribution >= 4 is 5.91 Å². The Bertz CT molecular complexity index is 252. The predicted molar refractivity (Wildman–Crippen MR) is 41.5 cm³/mol. The minimum atomic E-state index is -0.0706. The Hall–Kier alpha value is -1.25. The molecule has 1 N–H and O–H groups in total. The number of carbonyl (C=O) groups excluding carboxylic acids is 1. The number of furan rings is 1. The lowest BCUT2D eigenvalue weighted by Gasteiger charge is -1.98. The van der Waals surface area contributed by atoms with Crippen LogP contribution in [-0.4, -0.2) is 12.5 Å². The highest BCUT2D eigenvalue weighted by Crippen LogP contribution is 2.07. The maximum absolute atomic E-state index is 11.2. The van der Waals surface area contributed by atoms with Gasteiger partial charge in [-0.05, 0) is 19.9 Å². The van der Waals surface area contributed by atoms with Crippen molar-refractivity contribution in [2.24, 2.45) is 0 Å². The molecular weight excluding hydrogens is 142 g/mol. The smallest absolute Gasteiger partial charge is 0.254 e. The lowest BCUT2D eigenvalue weighted by molar-refractivity contribution is 0.0954. The Morgan fingerprint density at radius 2 is 2.45 bits per heavy atom. The Balaban J connectivity index is 2.76. The molecule has 60 valence electrons. The van der Waals surface area contributed by atoms with E-state index < -0.39 is 0 Å². The van der Waals surface area contributed by atoms with E-state index >= 15 is 0 Å². The molecule has 1 rings (SSSR count). The standard InChI is InChI=1S/C8H11NO2/c1-3-9-8(10)7-4-5-11-6(7)2/h4-5H,3H2,1-2H3,(H,9,10). The van der Waals surface area contributed by atoms with Crippen molar-refractivity contribution in [1.29, 1.82) is 0 Å². The van der Waals surface area contributed by atoms with Gasteiger partial charge in [-0.25, -0.2) is 0 Å². The minimum Gasteiger partial charge on any atom is -0.469 e. The van der Waals surface area contributed by atoms with E-state index in [1.807, 2.05) is 6.92 Å². The fourth-order valence-electron chi connectivity index (χ4n) is 0.876. The average Bonchev–Trinajstić information content (AvgIpc) is 2.36. The molecular formula is C8H11NO2. The van der Waals surface area contributed by atoms with E-state index in [2.05, 4.69) is 5.32 Å². The molecule has 0 saturated carbocycles. The summed E-state index contributed by atoms with van der Waals surface area (Å²) < 4.78 is 4.97. The summed E-state index contributed by atoms with van der Waals surface area (Å²) >= 11 is 0. The number of hydrogen-bond acceptors (Lipinski definition) is 2. The highest BCUT2D eigenvalue weighted by atomic mass is 16.3. The summed E-state index contributed by atoms with van der Waals surface area (Å²) in [6.07, 6.45) is 1.51. The van der Waals surface area contributed by atoms with E-state index in [0.717, 1.165) is 0 Å². The lowest BCUT2D eigenvalue weighted by Crippen LogP contribution is -2.22. The lowest BCUT2D eigenvalue weighted by atomic mass is 10.2. The van der Waals surface area contributed by atoms with Crippen LogP contribution in [0.5, 0.6) is 0 Å². The second kappa shape index (κ2) is 3.23. The third kappa shape index (κ3) is 1.61. The van der Waals surface area contributed by atoms with Crippen LogP contribution in [-0.2, 0) is 0 Å². The largest absolute Gasteiger partial charge is 0.469 e. The van der Waals surface area contributed by atoms with Gasteiger partial charge in [0.25, 0.3) is 5.91 Å². The first kappa shape index (κ1) is 7.85. The summed E-state index contributed by atoms with van der Waals surface area (Å²) in [5.74, 6) is 0.592. The van der Waals surface area contributed by atoms with Crippen molar-refractivity contribution < 1.29 is 9.21 Å². The van der Waals surface area contributed by atoms with Crippen molar-refractivity contribution in [3.8, 4) is 0 Å². The van der Waals surface area contributed by atoms with Gasteiger partial charge in [-0.3, -0.25) is 4.79 Å². The van der Waals surface area contributed by atoms with Gasteiger partial charge in [-0.15, -0.1) is 0 Å². The van der Waals surface area contributed by atoms with Crippen molar-refractivity contribution in [2.45, 2.75) is 13.8 Å². The van der Waals surface area contributed by atoms with Gasteiger partial charge in [0.2, 0.25) is 0 Å². The van der Waals surface area contributed by atoms with E-state index in [1.54, 1.807) is 13.0 Å². The molecule has 0 aliphatic rings. The Kier molecular flexibility index (Phi) is 2.31. The number of aryl methyl sites for hydroxylation is 1. The molecule has 0 aliphatic carbocycles. The van der Waals surface area contributed by atoms with Gasteiger partial charge in [0, 0.05) is 6.54 Å². The zero-order valence-corrected chi connectivity index (χ0v) is 6.68. The Morgan fingerprint density at radius 3 is 2.91 bits per heavy atom. The van der Waals surface area contributed by atoms with Crippen LogP contribution in [0.25, 0.3) is 0 Å². The van der Waals surface area contributed by atoms with Crippen LogP contribution in [0.2, 0.25) is 0 Å². The molecule has 0 fully saturated rings. The molecule has 3 nitrogen and oxygen atoms in total. The fraction of sp³-hybridized carbons (Fsp3) is 0.375. The van der Waals surface area contributed by atoms with Gasteiger partial charge in [0.05, 0.1) is 11.8 Å². The quantitative estimate of drug-likeness (QED) is 0.696. The predicted octanol–water partition coefficient (Wildman–Crippen LogP) is 1.34. The summed E-state index contributed by atoms with van der Waals surface area (Å²) in [5.41, 5.74) is 0.617. The maximum atomic E-state index is 11.2. The number of amides is 1. The second-order valence-electron chi connectivity index (χ2n) is 2.25. The molecule has 0 aromatic carbocycles. The van der Waals surface area contributed by atoms with Crippen LogP contribution in [0.1, 0.15) is 23.0 Å². The SMILES string of the molecule is CCNC(=O)c1ccoc1C. The molecule has 0 radical (unpaired) electrons. The topological polar surface area (TPSA) is 42.2 Å². The number of hydrogen-bond donors (Lipinski definition) is 1. The molecule has 1 heterocycles. The van der Waals surface area contributed by atoms with E-state index in [1.165, 1.54) is 6.26 Å². The first-order chi connectivity index (χ1) is 5.25. The fourth-order valence-corrected chi connectivity index (χ4v) is 0.876. The molecule has 0 atom stereocenters. The molecule has 1 amide bonds. The third-order valence-electron chi connectivity index (χ3n) is 1.44. The molecule has 1 aromatic heterocycles. The van der Waals surface area contributed by atoms with Crippen LogP contribution in [0.4, 0.5) is 0 Å². The van der Waals surface area contributed by atoms with Crippen LogP contribution in [0, 0.1) is 6.92 Å². The first-order valence-electron chi connectivity index (χ1n) is 3.58. The van der Waals surface area contributed by atoms with Crippen LogP contribution >= 0.6 is 0 Å². The highest BCUT2D eigenvalue weighted by Gasteiger charge is 2.08. The molecule has 0 aliphatic heterocycles. The van der Waals surface area contributed by atoms with Crippen LogP contribution in [0.15, 0.2) is 16.7 Å². The summed E-state index contributed by atoms with van der Waals surface area (Å²) in [5, 5.41) is 2.69. The molecule has 0 unspecified atom stereocenters. The number of rotatable bonds is 2. The molecule has 11 heavy (non-hydrogen) atoms. The minimum absolute atomic E-state index is 0.0706. The second-order valence-corrected chi connectivity index (χ2v) is 2.25. The zero-order chi connectivity index (χ0) is 8.27. The Labute approximate surface area is 65.4 Å². The Morgan fingerprint density at radius 1 is 1.73 bits per heavy atom. The van der Waals surface area contributed by atoms with Gasteiger partial charge in [-0.2, -0.15) is 0 Å². The van der Waals surface area contributed by atoms with Crippen molar-refractivity contribution in [3.05, 3.63) is 23.7 Å². The van der Waals surface area contributed by atoms with E-state index in [0.29, 0.717) is 17.9 Å². The van der Waals surface area contributed by atoms with E-state index in [9.17, 15) is 4.79 Å². The number of carbonyl (C=O) groups is 1. The van der Waals surface area contributed by atoms with Gasteiger partial charge >= 0.3 is 0 Å². The van der Waals surface area contributed by atoms with Crippen LogP contribution in [0.3, 0.4) is 0 Å². The van der Waals surface area contributed by atoms with Gasteiger partial charge in [0.15, 0.2) is 0 Å². The summed E-state index contributed by atoms with van der Waals surface area (Å²) in [7, 11) is 0. The van der Waals surface area contributed by atoms with Crippen LogP contribution < -0.4 is 5.32 Å². The highest BCUT2D eigenvalue weighted by molar-refractivity contribution is 5.94.